The molecular weight excluding hydrogens is 180 g/mol. The largest absolute Gasteiger partial charge is 0.511 e. The van der Waals surface area contributed by atoms with Crippen molar-refractivity contribution in [3.05, 3.63) is 23.5 Å². The molecule has 1 aliphatic heterocycles. The number of hydrogen-bond acceptors (Lipinski definition) is 2. The number of rotatable bonds is 0. The third-order valence-electron chi connectivity index (χ3n) is 2.75. The molecule has 1 aliphatic carbocycles. The lowest BCUT2D eigenvalue weighted by atomic mass is 9.81. The van der Waals surface area contributed by atoms with Crippen molar-refractivity contribution in [1.82, 2.24) is 0 Å². The average molecular weight is 196 g/mol. The van der Waals surface area contributed by atoms with Gasteiger partial charge in [0.1, 0.15) is 5.76 Å². The Labute approximate surface area is 83.9 Å². The molecule has 72 valence electrons. The molecule has 0 radical (unpaired) electrons. The Hall–Kier alpha value is -0.370. The lowest BCUT2D eigenvalue weighted by molar-refractivity contribution is 0.362. The highest BCUT2D eigenvalue weighted by atomic mass is 32.2. The van der Waals surface area contributed by atoms with Crippen molar-refractivity contribution >= 4 is 11.8 Å². The first-order chi connectivity index (χ1) is 5.84. The van der Waals surface area contributed by atoms with Gasteiger partial charge in [-0.25, -0.2) is 0 Å². The summed E-state index contributed by atoms with van der Waals surface area (Å²) in [6, 6.07) is 0. The van der Waals surface area contributed by atoms with E-state index in [1.54, 1.807) is 0 Å². The van der Waals surface area contributed by atoms with Crippen LogP contribution in [-0.4, -0.2) is 15.1 Å². The van der Waals surface area contributed by atoms with Crippen molar-refractivity contribution < 1.29 is 5.11 Å². The lowest BCUT2D eigenvalue weighted by Crippen LogP contribution is -2.19. The van der Waals surface area contributed by atoms with Crippen molar-refractivity contribution in [2.75, 3.05) is 0 Å². The summed E-state index contributed by atoms with van der Waals surface area (Å²) >= 11 is 1.83. The molecule has 0 aromatic carbocycles. The van der Waals surface area contributed by atoms with Crippen molar-refractivity contribution in [3.63, 3.8) is 0 Å². The normalized spacial score (nSPS) is 37.7. The third kappa shape index (κ3) is 1.32. The zero-order chi connectivity index (χ0) is 9.85. The van der Waals surface area contributed by atoms with Crippen molar-refractivity contribution in [3.8, 4) is 0 Å². The Morgan fingerprint density at radius 2 is 2.08 bits per heavy atom. The van der Waals surface area contributed by atoms with E-state index in [4.69, 9.17) is 0 Å². The molecule has 1 fully saturated rings. The van der Waals surface area contributed by atoms with Crippen LogP contribution >= 0.6 is 11.8 Å². The number of thioether (sulfide) groups is 1. The van der Waals surface area contributed by atoms with Gasteiger partial charge in [0.05, 0.1) is 10.00 Å². The van der Waals surface area contributed by atoms with Crippen LogP contribution in [0.4, 0.5) is 0 Å². The Bertz CT molecular complexity index is 309. The van der Waals surface area contributed by atoms with Gasteiger partial charge in [-0.2, -0.15) is 0 Å². The maximum absolute atomic E-state index is 9.99. The molecule has 0 saturated carbocycles. The lowest BCUT2D eigenvalue weighted by Gasteiger charge is -2.24. The van der Waals surface area contributed by atoms with E-state index in [0.29, 0.717) is 11.0 Å². The summed E-state index contributed by atoms with van der Waals surface area (Å²) in [5.41, 5.74) is 1.16. The summed E-state index contributed by atoms with van der Waals surface area (Å²) in [5.74, 6) is 0.600. The predicted molar refractivity (Wildman–Crippen MR) is 58.0 cm³/mol. The molecule has 0 aromatic rings. The van der Waals surface area contributed by atoms with E-state index in [9.17, 15) is 5.11 Å². The SMILES string of the molecule is CC(C)(C)C1=C(O)C2SC2(C)C=C1. The number of aliphatic hydroxyl groups excluding tert-OH is 1. The van der Waals surface area contributed by atoms with E-state index in [0.717, 1.165) is 5.57 Å². The minimum Gasteiger partial charge on any atom is -0.511 e. The van der Waals surface area contributed by atoms with Crippen LogP contribution in [0.3, 0.4) is 0 Å². The first-order valence-electron chi connectivity index (χ1n) is 4.65. The Kier molecular flexibility index (Phi) is 1.66. The Morgan fingerprint density at radius 3 is 2.62 bits per heavy atom. The topological polar surface area (TPSA) is 20.2 Å². The van der Waals surface area contributed by atoms with Gasteiger partial charge in [-0.1, -0.05) is 32.9 Å². The quantitative estimate of drug-likeness (QED) is 0.600. The fourth-order valence-corrected chi connectivity index (χ4v) is 2.80. The van der Waals surface area contributed by atoms with E-state index < -0.39 is 0 Å². The van der Waals surface area contributed by atoms with Crippen LogP contribution in [0.15, 0.2) is 23.5 Å². The smallest absolute Gasteiger partial charge is 0.111 e. The van der Waals surface area contributed by atoms with Crippen LogP contribution < -0.4 is 0 Å². The van der Waals surface area contributed by atoms with Gasteiger partial charge in [0.15, 0.2) is 0 Å². The van der Waals surface area contributed by atoms with Gasteiger partial charge < -0.3 is 5.11 Å². The van der Waals surface area contributed by atoms with Crippen molar-refractivity contribution in [2.24, 2.45) is 5.41 Å². The van der Waals surface area contributed by atoms with E-state index in [1.165, 1.54) is 0 Å². The van der Waals surface area contributed by atoms with Crippen molar-refractivity contribution in [1.29, 1.82) is 0 Å². The van der Waals surface area contributed by atoms with Gasteiger partial charge in [0.2, 0.25) is 0 Å². The zero-order valence-corrected chi connectivity index (χ0v) is 9.40. The standard InChI is InChI=1S/C11H16OS/c1-10(2,3)7-5-6-11(4)9(13-11)8(7)12/h5-6,9,12H,1-4H3. The zero-order valence-electron chi connectivity index (χ0n) is 8.59. The molecule has 1 nitrogen and oxygen atoms in total. The van der Waals surface area contributed by atoms with Crippen LogP contribution in [0.2, 0.25) is 0 Å². The van der Waals surface area contributed by atoms with Crippen LogP contribution in [0, 0.1) is 5.41 Å². The van der Waals surface area contributed by atoms with E-state index in [1.807, 2.05) is 11.8 Å². The minimum atomic E-state index is 0.0606. The molecule has 13 heavy (non-hydrogen) atoms. The van der Waals surface area contributed by atoms with E-state index >= 15 is 0 Å². The van der Waals surface area contributed by atoms with Crippen molar-refractivity contribution in [2.45, 2.75) is 37.7 Å². The number of allylic oxidation sites excluding steroid dienone is 2. The van der Waals surface area contributed by atoms with Crippen LogP contribution in [-0.2, 0) is 0 Å². The minimum absolute atomic E-state index is 0.0606. The fourth-order valence-electron chi connectivity index (χ4n) is 1.78. The molecule has 0 spiro atoms. The maximum atomic E-state index is 9.99. The summed E-state index contributed by atoms with van der Waals surface area (Å²) in [6.45, 7) is 8.59. The van der Waals surface area contributed by atoms with Gasteiger partial charge in [-0.15, -0.1) is 11.8 Å². The van der Waals surface area contributed by atoms with Gasteiger partial charge in [0.25, 0.3) is 0 Å². The van der Waals surface area contributed by atoms with Gasteiger partial charge in [0, 0.05) is 0 Å². The first-order valence-corrected chi connectivity index (χ1v) is 5.53. The fraction of sp³-hybridized carbons (Fsp3) is 0.636. The second-order valence-corrected chi connectivity index (χ2v) is 6.65. The van der Waals surface area contributed by atoms with Crippen LogP contribution in [0.5, 0.6) is 0 Å². The molecular formula is C11H16OS. The molecule has 2 atom stereocenters. The maximum Gasteiger partial charge on any atom is 0.111 e. The van der Waals surface area contributed by atoms with E-state index in [-0.39, 0.29) is 10.2 Å². The number of fused-ring (bicyclic) bond motifs is 1. The van der Waals surface area contributed by atoms with Gasteiger partial charge in [-0.05, 0) is 17.9 Å². The summed E-state index contributed by atoms with van der Waals surface area (Å²) in [4.78, 5) is 0. The Morgan fingerprint density at radius 1 is 1.46 bits per heavy atom. The first kappa shape index (κ1) is 9.20. The second-order valence-electron chi connectivity index (χ2n) is 5.06. The predicted octanol–water partition coefficient (Wildman–Crippen LogP) is 3.29. The molecule has 0 amide bonds. The van der Waals surface area contributed by atoms with Crippen LogP contribution in [0.1, 0.15) is 27.7 Å². The third-order valence-corrected chi connectivity index (χ3v) is 4.32. The summed E-state index contributed by atoms with van der Waals surface area (Å²) in [7, 11) is 0. The van der Waals surface area contributed by atoms with Crippen LogP contribution in [0.25, 0.3) is 0 Å². The highest BCUT2D eigenvalue weighted by molar-refractivity contribution is 8.09. The highest BCUT2D eigenvalue weighted by Gasteiger charge is 2.55. The molecule has 0 aromatic heterocycles. The molecule has 2 heteroatoms. The molecule has 0 bridgehead atoms. The van der Waals surface area contributed by atoms with Gasteiger partial charge in [-0.3, -0.25) is 0 Å². The molecule has 1 saturated heterocycles. The van der Waals surface area contributed by atoms with Gasteiger partial charge >= 0.3 is 0 Å². The summed E-state index contributed by atoms with van der Waals surface area (Å²) in [5, 5.41) is 10.3. The second kappa shape index (κ2) is 2.35. The average Bonchev–Trinajstić information content (AvgIpc) is 2.60. The number of hydrogen-bond donors (Lipinski definition) is 1. The monoisotopic (exact) mass is 196 g/mol. The molecule has 1 heterocycles. The molecule has 2 rings (SSSR count). The number of aliphatic hydroxyl groups is 1. The van der Waals surface area contributed by atoms with E-state index in [2.05, 4.69) is 39.8 Å². The molecule has 2 unspecified atom stereocenters. The molecule has 2 aliphatic rings. The Balaban J connectivity index is 2.37. The molecule has 1 N–H and O–H groups in total. The summed E-state index contributed by atoms with van der Waals surface area (Å²) < 4.78 is 0.193. The highest BCUT2D eigenvalue weighted by Crippen LogP contribution is 2.60. The summed E-state index contributed by atoms with van der Waals surface area (Å²) in [6.07, 6.45) is 4.31.